The second-order valence-corrected chi connectivity index (χ2v) is 9.54. The minimum Gasteiger partial charge on any atom is -0.411 e. The third kappa shape index (κ3) is 6.07. The van der Waals surface area contributed by atoms with Gasteiger partial charge >= 0.3 is 5.22 Å². The summed E-state index contributed by atoms with van der Waals surface area (Å²) in [5.41, 5.74) is 0.826. The molecule has 0 fully saturated rings. The maximum absolute atomic E-state index is 12.2. The molecule has 0 unspecified atom stereocenters. The number of rotatable bonds is 9. The molecule has 0 bridgehead atoms. The Bertz CT molecular complexity index is 898. The van der Waals surface area contributed by atoms with Crippen molar-refractivity contribution in [3.8, 4) is 0 Å². The molecule has 1 atom stereocenters. The molecule has 2 aromatic rings. The zero-order chi connectivity index (χ0) is 18.5. The van der Waals surface area contributed by atoms with Gasteiger partial charge in [-0.3, -0.25) is 0 Å². The van der Waals surface area contributed by atoms with Crippen LogP contribution >= 0.6 is 11.6 Å². The van der Waals surface area contributed by atoms with Gasteiger partial charge in [-0.1, -0.05) is 35.4 Å². The Labute approximate surface area is 151 Å². The molecule has 0 saturated heterocycles. The van der Waals surface area contributed by atoms with Gasteiger partial charge in [0.25, 0.3) is 0 Å². The molecule has 0 radical (unpaired) electrons. The van der Waals surface area contributed by atoms with Crippen LogP contribution in [-0.4, -0.2) is 44.9 Å². The van der Waals surface area contributed by atoms with Gasteiger partial charge < -0.3 is 4.42 Å². The largest absolute Gasteiger partial charge is 0.411 e. The van der Waals surface area contributed by atoms with Gasteiger partial charge in [0.15, 0.2) is 0 Å². The number of benzene rings is 1. The molecule has 25 heavy (non-hydrogen) atoms. The van der Waals surface area contributed by atoms with Crippen molar-refractivity contribution in [2.45, 2.75) is 24.1 Å². The van der Waals surface area contributed by atoms with Crippen molar-refractivity contribution < 1.29 is 21.3 Å². The first-order chi connectivity index (χ1) is 11.7. The van der Waals surface area contributed by atoms with Crippen LogP contribution in [0.15, 0.2) is 40.0 Å². The zero-order valence-electron chi connectivity index (χ0n) is 13.4. The van der Waals surface area contributed by atoms with Crippen LogP contribution in [0.1, 0.15) is 23.9 Å². The van der Waals surface area contributed by atoms with Crippen LogP contribution in [0.4, 0.5) is 0 Å². The number of halogens is 1. The molecule has 0 aliphatic carbocycles. The molecule has 0 aliphatic heterocycles. The first-order valence-corrected chi connectivity index (χ1v) is 11.4. The third-order valence-electron chi connectivity index (χ3n) is 3.19. The summed E-state index contributed by atoms with van der Waals surface area (Å²) in [6, 6.07) is 8.19. The van der Waals surface area contributed by atoms with Crippen molar-refractivity contribution in [3.05, 3.63) is 41.8 Å². The van der Waals surface area contributed by atoms with Gasteiger partial charge in [0.05, 0.1) is 5.75 Å². The van der Waals surface area contributed by atoms with Crippen LogP contribution in [0.5, 0.6) is 0 Å². The minimum atomic E-state index is -3.68. The van der Waals surface area contributed by atoms with E-state index in [1.54, 1.807) is 0 Å². The van der Waals surface area contributed by atoms with E-state index in [1.807, 2.05) is 30.3 Å². The van der Waals surface area contributed by atoms with E-state index in [4.69, 9.17) is 16.0 Å². The highest BCUT2D eigenvalue weighted by Crippen LogP contribution is 2.20. The number of aromatic nitrogens is 2. The van der Waals surface area contributed by atoms with Gasteiger partial charge in [0, 0.05) is 12.1 Å². The van der Waals surface area contributed by atoms with Crippen LogP contribution in [0.25, 0.3) is 0 Å². The quantitative estimate of drug-likeness (QED) is 0.622. The Morgan fingerprint density at radius 2 is 1.84 bits per heavy atom. The van der Waals surface area contributed by atoms with E-state index < -0.39 is 31.1 Å². The number of hydrogen-bond donors (Lipinski definition) is 1. The maximum atomic E-state index is 12.2. The Hall–Kier alpha value is -1.49. The van der Waals surface area contributed by atoms with Crippen molar-refractivity contribution in [1.82, 2.24) is 14.9 Å². The lowest BCUT2D eigenvalue weighted by atomic mass is 10.1. The van der Waals surface area contributed by atoms with Crippen molar-refractivity contribution >= 4 is 31.5 Å². The number of sulfonamides is 1. The highest BCUT2D eigenvalue weighted by atomic mass is 35.5. The summed E-state index contributed by atoms with van der Waals surface area (Å²) in [7, 11) is -7.33. The van der Waals surface area contributed by atoms with Crippen LogP contribution in [0.2, 0.25) is 0 Å². The molecule has 11 heteroatoms. The van der Waals surface area contributed by atoms with E-state index in [0.717, 1.165) is 11.8 Å². The summed E-state index contributed by atoms with van der Waals surface area (Å²) >= 11 is 5.54. The fourth-order valence-corrected chi connectivity index (χ4v) is 4.04. The Morgan fingerprint density at radius 3 is 2.40 bits per heavy atom. The Balaban J connectivity index is 2.30. The number of nitrogens with one attached hydrogen (secondary N) is 1. The lowest BCUT2D eigenvalue weighted by Crippen LogP contribution is -2.32. The highest BCUT2D eigenvalue weighted by molar-refractivity contribution is 7.90. The normalized spacial score (nSPS) is 13.7. The summed E-state index contributed by atoms with van der Waals surface area (Å²) in [4.78, 5) is 0. The number of alkyl halides is 1. The monoisotopic (exact) mass is 407 g/mol. The standard InChI is InChI=1S/C14H18ClN3O5S2/c1-24(19,20)14-17-16-13(23-14)12(10-11-6-3-2-4-7-11)18-25(21,22)9-5-8-15/h2-4,6-7,12,18H,5,8-10H2,1H3/t12-/m0/s1. The molecule has 138 valence electrons. The summed E-state index contributed by atoms with van der Waals surface area (Å²) in [5, 5.41) is 6.62. The second kappa shape index (κ2) is 8.26. The summed E-state index contributed by atoms with van der Waals surface area (Å²) in [6.07, 6.45) is 1.45. The average molecular weight is 408 g/mol. The van der Waals surface area contributed by atoms with Crippen LogP contribution in [0.3, 0.4) is 0 Å². The molecule has 1 N–H and O–H groups in total. The van der Waals surface area contributed by atoms with Gasteiger partial charge in [-0.2, -0.15) is 0 Å². The topological polar surface area (TPSA) is 119 Å². The van der Waals surface area contributed by atoms with Crippen molar-refractivity contribution in [1.29, 1.82) is 0 Å². The number of sulfone groups is 1. The second-order valence-electron chi connectivity index (χ2n) is 5.40. The lowest BCUT2D eigenvalue weighted by Gasteiger charge is -2.15. The van der Waals surface area contributed by atoms with Gasteiger partial charge in [-0.05, 0) is 18.4 Å². The molecule has 1 aromatic heterocycles. The smallest absolute Gasteiger partial charge is 0.335 e. The van der Waals surface area contributed by atoms with E-state index in [-0.39, 0.29) is 30.4 Å². The third-order valence-corrected chi connectivity index (χ3v) is 5.72. The summed E-state index contributed by atoms with van der Waals surface area (Å²) < 4.78 is 55.0. The van der Waals surface area contributed by atoms with Gasteiger partial charge in [-0.15, -0.1) is 16.7 Å². The van der Waals surface area contributed by atoms with E-state index in [0.29, 0.717) is 0 Å². The molecule has 0 amide bonds. The Kier molecular flexibility index (Phi) is 6.55. The van der Waals surface area contributed by atoms with Crippen molar-refractivity contribution in [2.75, 3.05) is 17.9 Å². The molecular formula is C14H18ClN3O5S2. The van der Waals surface area contributed by atoms with E-state index in [1.165, 1.54) is 0 Å². The van der Waals surface area contributed by atoms with E-state index >= 15 is 0 Å². The molecule has 1 aromatic carbocycles. The van der Waals surface area contributed by atoms with Gasteiger partial charge in [0.1, 0.15) is 6.04 Å². The van der Waals surface area contributed by atoms with E-state index in [2.05, 4.69) is 14.9 Å². The first kappa shape index (κ1) is 19.8. The van der Waals surface area contributed by atoms with Crippen LogP contribution < -0.4 is 4.72 Å². The predicted molar refractivity (Wildman–Crippen MR) is 92.6 cm³/mol. The van der Waals surface area contributed by atoms with Crippen molar-refractivity contribution in [3.63, 3.8) is 0 Å². The highest BCUT2D eigenvalue weighted by Gasteiger charge is 2.26. The lowest BCUT2D eigenvalue weighted by molar-refractivity contribution is 0.364. The molecule has 1 heterocycles. The van der Waals surface area contributed by atoms with Gasteiger partial charge in [0.2, 0.25) is 25.8 Å². The number of nitrogens with zero attached hydrogens (tertiary/aromatic N) is 2. The molecular weight excluding hydrogens is 390 g/mol. The maximum Gasteiger partial charge on any atom is 0.335 e. The Morgan fingerprint density at radius 1 is 1.16 bits per heavy atom. The van der Waals surface area contributed by atoms with E-state index in [9.17, 15) is 16.8 Å². The minimum absolute atomic E-state index is 0.112. The fraction of sp³-hybridized carbons (Fsp3) is 0.429. The molecule has 2 rings (SSSR count). The van der Waals surface area contributed by atoms with Crippen LogP contribution in [0, 0.1) is 0 Å². The summed E-state index contributed by atoms with van der Waals surface area (Å²) in [6.45, 7) is 0. The zero-order valence-corrected chi connectivity index (χ0v) is 15.8. The molecule has 8 nitrogen and oxygen atoms in total. The average Bonchev–Trinajstić information content (AvgIpc) is 3.03. The summed E-state index contributed by atoms with van der Waals surface area (Å²) in [5.74, 6) is -0.0588. The SMILES string of the molecule is CS(=O)(=O)c1nnc([C@H](Cc2ccccc2)NS(=O)(=O)CCCCl)o1. The van der Waals surface area contributed by atoms with Gasteiger partial charge in [-0.25, -0.2) is 21.6 Å². The first-order valence-electron chi connectivity index (χ1n) is 7.34. The fourth-order valence-electron chi connectivity index (χ4n) is 2.06. The van der Waals surface area contributed by atoms with Crippen LogP contribution in [-0.2, 0) is 26.3 Å². The predicted octanol–water partition coefficient (Wildman–Crippen LogP) is 1.31. The molecule has 0 saturated carbocycles. The molecule has 0 aliphatic rings. The number of hydrogen-bond acceptors (Lipinski definition) is 7. The molecule has 0 spiro atoms. The van der Waals surface area contributed by atoms with Crippen molar-refractivity contribution in [2.24, 2.45) is 0 Å².